The average molecular weight is 462 g/mol. The van der Waals surface area contributed by atoms with Crippen LogP contribution in [0.25, 0.3) is 11.4 Å². The fourth-order valence-corrected chi connectivity index (χ4v) is 4.68. The Morgan fingerprint density at radius 2 is 1.79 bits per heavy atom. The maximum absolute atomic E-state index is 12.7. The van der Waals surface area contributed by atoms with Crippen LogP contribution >= 0.6 is 11.8 Å². The SMILES string of the molecule is C=CCn1c(SCC(=O)Nc2ccccc2C(=O)NC2CCCC2)nnc1-c1ccccc1. The van der Waals surface area contributed by atoms with Crippen molar-refractivity contribution in [2.45, 2.75) is 43.4 Å². The van der Waals surface area contributed by atoms with E-state index in [4.69, 9.17) is 0 Å². The van der Waals surface area contributed by atoms with E-state index in [1.165, 1.54) is 11.8 Å². The van der Waals surface area contributed by atoms with Crippen molar-refractivity contribution in [3.05, 3.63) is 72.8 Å². The summed E-state index contributed by atoms with van der Waals surface area (Å²) in [6.07, 6.45) is 6.08. The largest absolute Gasteiger partial charge is 0.349 e. The first kappa shape index (κ1) is 22.8. The van der Waals surface area contributed by atoms with Crippen LogP contribution in [0.2, 0.25) is 0 Å². The quantitative estimate of drug-likeness (QED) is 0.361. The first-order chi connectivity index (χ1) is 16.2. The van der Waals surface area contributed by atoms with E-state index < -0.39 is 0 Å². The van der Waals surface area contributed by atoms with E-state index in [9.17, 15) is 9.59 Å². The molecule has 0 aliphatic heterocycles. The molecule has 4 rings (SSSR count). The number of carbonyl (C=O) groups is 2. The maximum Gasteiger partial charge on any atom is 0.253 e. The van der Waals surface area contributed by atoms with Gasteiger partial charge in [0, 0.05) is 18.2 Å². The monoisotopic (exact) mass is 461 g/mol. The molecule has 0 atom stereocenters. The van der Waals surface area contributed by atoms with Crippen LogP contribution in [-0.4, -0.2) is 38.4 Å². The van der Waals surface area contributed by atoms with E-state index >= 15 is 0 Å². The Bertz CT molecular complexity index is 1120. The Morgan fingerprint density at radius 1 is 1.06 bits per heavy atom. The highest BCUT2D eigenvalue weighted by atomic mass is 32.2. The first-order valence-corrected chi connectivity index (χ1v) is 12.1. The second-order valence-electron chi connectivity index (χ2n) is 7.91. The van der Waals surface area contributed by atoms with Gasteiger partial charge in [-0.05, 0) is 25.0 Å². The molecule has 1 aliphatic rings. The Hall–Kier alpha value is -3.39. The second kappa shape index (κ2) is 11.0. The van der Waals surface area contributed by atoms with Crippen molar-refractivity contribution in [1.29, 1.82) is 0 Å². The number of anilines is 1. The molecule has 170 valence electrons. The zero-order valence-corrected chi connectivity index (χ0v) is 19.2. The molecule has 2 aromatic carbocycles. The molecule has 0 radical (unpaired) electrons. The van der Waals surface area contributed by atoms with Gasteiger partial charge >= 0.3 is 0 Å². The lowest BCUT2D eigenvalue weighted by molar-refractivity contribution is -0.113. The zero-order chi connectivity index (χ0) is 23.0. The minimum atomic E-state index is -0.212. The van der Waals surface area contributed by atoms with Crippen molar-refractivity contribution in [2.24, 2.45) is 0 Å². The number of hydrogen-bond donors (Lipinski definition) is 2. The van der Waals surface area contributed by atoms with Gasteiger partial charge in [-0.25, -0.2) is 0 Å². The van der Waals surface area contributed by atoms with Crippen LogP contribution in [0.5, 0.6) is 0 Å². The molecule has 3 aromatic rings. The molecule has 1 saturated carbocycles. The van der Waals surface area contributed by atoms with Gasteiger partial charge in [0.25, 0.3) is 5.91 Å². The van der Waals surface area contributed by atoms with Crippen molar-refractivity contribution in [3.8, 4) is 11.4 Å². The Morgan fingerprint density at radius 3 is 2.55 bits per heavy atom. The third-order valence-electron chi connectivity index (χ3n) is 5.53. The van der Waals surface area contributed by atoms with E-state index in [2.05, 4.69) is 27.4 Å². The number of allylic oxidation sites excluding steroid dienone is 1. The molecule has 1 fully saturated rings. The van der Waals surface area contributed by atoms with Gasteiger partial charge in [0.15, 0.2) is 11.0 Å². The first-order valence-electron chi connectivity index (χ1n) is 11.1. The van der Waals surface area contributed by atoms with E-state index in [0.717, 1.165) is 37.1 Å². The Balaban J connectivity index is 1.42. The standard InChI is InChI=1S/C25H27N5O2S/c1-2-16-30-23(18-10-4-3-5-11-18)28-29-25(30)33-17-22(31)27-21-15-9-8-14-20(21)24(32)26-19-12-6-7-13-19/h2-5,8-11,14-15,19H,1,6-7,12-13,16-17H2,(H,26,32)(H,27,31). The molecular weight excluding hydrogens is 434 g/mol. The van der Waals surface area contributed by atoms with Crippen LogP contribution in [0.3, 0.4) is 0 Å². The van der Waals surface area contributed by atoms with Crippen LogP contribution in [0.1, 0.15) is 36.0 Å². The molecule has 8 heteroatoms. The van der Waals surface area contributed by atoms with Gasteiger partial charge in [-0.3, -0.25) is 14.2 Å². The van der Waals surface area contributed by atoms with Crippen molar-refractivity contribution in [1.82, 2.24) is 20.1 Å². The van der Waals surface area contributed by atoms with E-state index in [-0.39, 0.29) is 23.6 Å². The number of thioether (sulfide) groups is 1. The summed E-state index contributed by atoms with van der Waals surface area (Å²) < 4.78 is 1.93. The lowest BCUT2D eigenvalue weighted by Gasteiger charge is -2.15. The fourth-order valence-electron chi connectivity index (χ4n) is 3.93. The lowest BCUT2D eigenvalue weighted by atomic mass is 10.1. The third kappa shape index (κ3) is 5.70. The summed E-state index contributed by atoms with van der Waals surface area (Å²) in [4.78, 5) is 25.4. The van der Waals surface area contributed by atoms with Crippen molar-refractivity contribution >= 4 is 29.3 Å². The van der Waals surface area contributed by atoms with Crippen molar-refractivity contribution in [2.75, 3.05) is 11.1 Å². The van der Waals surface area contributed by atoms with Gasteiger partial charge in [-0.1, -0.05) is 73.1 Å². The van der Waals surface area contributed by atoms with Gasteiger partial charge in [0.2, 0.25) is 5.91 Å². The fraction of sp³-hybridized carbons (Fsp3) is 0.280. The van der Waals surface area contributed by atoms with E-state index in [1.54, 1.807) is 24.3 Å². The number of benzene rings is 2. The number of hydrogen-bond acceptors (Lipinski definition) is 5. The molecule has 2 amide bonds. The van der Waals surface area contributed by atoms with Crippen LogP contribution in [0.4, 0.5) is 5.69 Å². The number of aromatic nitrogens is 3. The highest BCUT2D eigenvalue weighted by Crippen LogP contribution is 2.25. The summed E-state index contributed by atoms with van der Waals surface area (Å²) in [5, 5.41) is 15.2. The van der Waals surface area contributed by atoms with Crippen molar-refractivity contribution in [3.63, 3.8) is 0 Å². The minimum Gasteiger partial charge on any atom is -0.349 e. The zero-order valence-electron chi connectivity index (χ0n) is 18.4. The number of nitrogens with zero attached hydrogens (tertiary/aromatic N) is 3. The molecule has 2 N–H and O–H groups in total. The second-order valence-corrected chi connectivity index (χ2v) is 8.85. The molecular formula is C25H27N5O2S. The number of rotatable bonds is 9. The molecule has 1 aromatic heterocycles. The number of carbonyl (C=O) groups excluding carboxylic acids is 2. The summed E-state index contributed by atoms with van der Waals surface area (Å²) in [5.41, 5.74) is 1.94. The summed E-state index contributed by atoms with van der Waals surface area (Å²) >= 11 is 1.30. The third-order valence-corrected chi connectivity index (χ3v) is 6.50. The molecule has 33 heavy (non-hydrogen) atoms. The molecule has 1 heterocycles. The molecule has 0 spiro atoms. The Labute approximate surface area is 197 Å². The average Bonchev–Trinajstić information content (AvgIpc) is 3.49. The highest BCUT2D eigenvalue weighted by Gasteiger charge is 2.20. The lowest BCUT2D eigenvalue weighted by Crippen LogP contribution is -2.33. The van der Waals surface area contributed by atoms with Gasteiger partial charge in [-0.2, -0.15) is 0 Å². The molecule has 1 aliphatic carbocycles. The van der Waals surface area contributed by atoms with Gasteiger partial charge in [-0.15, -0.1) is 16.8 Å². The molecule has 0 unspecified atom stereocenters. The van der Waals surface area contributed by atoms with Crippen LogP contribution in [0.15, 0.2) is 72.4 Å². The predicted octanol–water partition coefficient (Wildman–Crippen LogP) is 4.53. The summed E-state index contributed by atoms with van der Waals surface area (Å²) in [5.74, 6) is 0.509. The Kier molecular flexibility index (Phi) is 7.57. The van der Waals surface area contributed by atoms with E-state index in [1.807, 2.05) is 41.0 Å². The smallest absolute Gasteiger partial charge is 0.253 e. The molecule has 0 bridgehead atoms. The van der Waals surface area contributed by atoms with Gasteiger partial charge in [0.1, 0.15) is 0 Å². The van der Waals surface area contributed by atoms with Crippen molar-refractivity contribution < 1.29 is 9.59 Å². The normalized spacial score (nSPS) is 13.6. The minimum absolute atomic E-state index is 0.142. The summed E-state index contributed by atoms with van der Waals surface area (Å²) in [7, 11) is 0. The number of para-hydroxylation sites is 1. The number of amides is 2. The summed E-state index contributed by atoms with van der Waals surface area (Å²) in [6.45, 7) is 4.36. The van der Waals surface area contributed by atoms with Gasteiger partial charge < -0.3 is 10.6 Å². The summed E-state index contributed by atoms with van der Waals surface area (Å²) in [6, 6.07) is 17.1. The highest BCUT2D eigenvalue weighted by molar-refractivity contribution is 7.99. The maximum atomic E-state index is 12.7. The van der Waals surface area contributed by atoms with Crippen LogP contribution < -0.4 is 10.6 Å². The van der Waals surface area contributed by atoms with Crippen LogP contribution in [0, 0.1) is 0 Å². The molecule has 0 saturated heterocycles. The topological polar surface area (TPSA) is 88.9 Å². The molecule has 7 nitrogen and oxygen atoms in total. The van der Waals surface area contributed by atoms with Crippen LogP contribution in [-0.2, 0) is 11.3 Å². The van der Waals surface area contributed by atoms with Gasteiger partial charge in [0.05, 0.1) is 17.0 Å². The number of nitrogens with one attached hydrogen (secondary N) is 2. The van der Waals surface area contributed by atoms with E-state index in [0.29, 0.717) is 23.0 Å². The predicted molar refractivity (Wildman–Crippen MR) is 131 cm³/mol.